The van der Waals surface area contributed by atoms with Crippen LogP contribution in [0.2, 0.25) is 0 Å². The van der Waals surface area contributed by atoms with E-state index in [2.05, 4.69) is 48.3 Å². The van der Waals surface area contributed by atoms with Gasteiger partial charge in [-0.25, -0.2) is 0 Å². The van der Waals surface area contributed by atoms with Gasteiger partial charge < -0.3 is 10.1 Å². The summed E-state index contributed by atoms with van der Waals surface area (Å²) in [6, 6.07) is 8.66. The summed E-state index contributed by atoms with van der Waals surface area (Å²) >= 11 is 0. The van der Waals surface area contributed by atoms with Crippen LogP contribution in [0.5, 0.6) is 5.75 Å². The summed E-state index contributed by atoms with van der Waals surface area (Å²) in [4.78, 5) is 2.61. The molecule has 3 heteroatoms. The van der Waals surface area contributed by atoms with E-state index < -0.39 is 0 Å². The van der Waals surface area contributed by atoms with Crippen LogP contribution in [0.4, 0.5) is 0 Å². The molecule has 2 aliphatic rings. The maximum atomic E-state index is 5.75. The fourth-order valence-electron chi connectivity index (χ4n) is 3.52. The SMILES string of the molecule is CC(C)COc1ccc(CN2CCC3(CCNC3)C2)cc1. The molecule has 0 bridgehead atoms. The van der Waals surface area contributed by atoms with E-state index in [1.54, 1.807) is 0 Å². The van der Waals surface area contributed by atoms with Crippen LogP contribution in [-0.2, 0) is 6.54 Å². The quantitative estimate of drug-likeness (QED) is 0.901. The molecule has 1 aromatic rings. The number of ether oxygens (including phenoxy) is 1. The number of hydrogen-bond acceptors (Lipinski definition) is 3. The van der Waals surface area contributed by atoms with Gasteiger partial charge in [-0.3, -0.25) is 4.90 Å². The summed E-state index contributed by atoms with van der Waals surface area (Å²) in [6.07, 6.45) is 2.71. The zero-order chi connectivity index (χ0) is 14.7. The highest BCUT2D eigenvalue weighted by molar-refractivity contribution is 5.27. The van der Waals surface area contributed by atoms with Gasteiger partial charge in [0.15, 0.2) is 0 Å². The lowest BCUT2D eigenvalue weighted by atomic mass is 9.86. The Morgan fingerprint density at radius 2 is 2.05 bits per heavy atom. The van der Waals surface area contributed by atoms with E-state index in [4.69, 9.17) is 4.74 Å². The number of nitrogens with zero attached hydrogens (tertiary/aromatic N) is 1. The Morgan fingerprint density at radius 1 is 1.24 bits per heavy atom. The van der Waals surface area contributed by atoms with Crippen LogP contribution in [0.1, 0.15) is 32.3 Å². The molecule has 2 fully saturated rings. The van der Waals surface area contributed by atoms with Gasteiger partial charge in [-0.1, -0.05) is 26.0 Å². The standard InChI is InChI=1S/C18H28N2O/c1-15(2)12-21-17-5-3-16(4-6-17)11-20-10-8-18(14-20)7-9-19-13-18/h3-6,15,19H,7-14H2,1-2H3. The van der Waals surface area contributed by atoms with Crippen molar-refractivity contribution in [3.8, 4) is 5.75 Å². The minimum absolute atomic E-state index is 0.570. The normalized spacial score (nSPS) is 26.0. The van der Waals surface area contributed by atoms with Crippen molar-refractivity contribution in [2.75, 3.05) is 32.8 Å². The lowest BCUT2D eigenvalue weighted by molar-refractivity contribution is 0.266. The van der Waals surface area contributed by atoms with Gasteiger partial charge in [0.05, 0.1) is 6.61 Å². The van der Waals surface area contributed by atoms with Crippen LogP contribution >= 0.6 is 0 Å². The fraction of sp³-hybridized carbons (Fsp3) is 0.667. The Balaban J connectivity index is 1.51. The topological polar surface area (TPSA) is 24.5 Å². The molecule has 2 aliphatic heterocycles. The molecule has 1 unspecified atom stereocenters. The summed E-state index contributed by atoms with van der Waals surface area (Å²) in [5.41, 5.74) is 1.97. The molecule has 1 atom stereocenters. The average molecular weight is 288 g/mol. The van der Waals surface area contributed by atoms with Gasteiger partial charge in [-0.15, -0.1) is 0 Å². The first-order valence-electron chi connectivity index (χ1n) is 8.30. The van der Waals surface area contributed by atoms with Gasteiger partial charge in [0.2, 0.25) is 0 Å². The Hall–Kier alpha value is -1.06. The molecule has 1 aromatic carbocycles. The highest BCUT2D eigenvalue weighted by atomic mass is 16.5. The van der Waals surface area contributed by atoms with Gasteiger partial charge in [0, 0.05) is 19.6 Å². The first-order chi connectivity index (χ1) is 10.2. The van der Waals surface area contributed by atoms with Crippen LogP contribution in [0.15, 0.2) is 24.3 Å². The minimum atomic E-state index is 0.570. The summed E-state index contributed by atoms with van der Waals surface area (Å²) in [5, 5.41) is 3.53. The van der Waals surface area contributed by atoms with Gasteiger partial charge in [-0.2, -0.15) is 0 Å². The molecule has 0 radical (unpaired) electrons. The molecular weight excluding hydrogens is 260 g/mol. The third-order valence-electron chi connectivity index (χ3n) is 4.76. The lowest BCUT2D eigenvalue weighted by Gasteiger charge is -2.22. The molecule has 0 aromatic heterocycles. The predicted molar refractivity (Wildman–Crippen MR) is 86.6 cm³/mol. The number of likely N-dealkylation sites (tertiary alicyclic amines) is 1. The van der Waals surface area contributed by atoms with Crippen molar-refractivity contribution < 1.29 is 4.74 Å². The van der Waals surface area contributed by atoms with Crippen LogP contribution in [0, 0.1) is 11.3 Å². The van der Waals surface area contributed by atoms with E-state index in [9.17, 15) is 0 Å². The van der Waals surface area contributed by atoms with Crippen LogP contribution in [0.25, 0.3) is 0 Å². The number of nitrogens with one attached hydrogen (secondary N) is 1. The highest BCUT2D eigenvalue weighted by Crippen LogP contribution is 2.36. The van der Waals surface area contributed by atoms with Crippen molar-refractivity contribution in [2.45, 2.75) is 33.2 Å². The van der Waals surface area contributed by atoms with E-state index in [0.29, 0.717) is 11.3 Å². The Bertz CT molecular complexity index is 449. The van der Waals surface area contributed by atoms with E-state index in [-0.39, 0.29) is 0 Å². The summed E-state index contributed by atoms with van der Waals surface area (Å²) in [5.74, 6) is 1.57. The first-order valence-corrected chi connectivity index (χ1v) is 8.30. The first kappa shape index (κ1) is 14.9. The highest BCUT2D eigenvalue weighted by Gasteiger charge is 2.39. The molecule has 2 saturated heterocycles. The summed E-state index contributed by atoms with van der Waals surface area (Å²) in [7, 11) is 0. The van der Waals surface area contributed by atoms with Crippen molar-refractivity contribution in [1.82, 2.24) is 10.2 Å². The predicted octanol–water partition coefficient (Wildman–Crippen LogP) is 2.91. The molecule has 1 N–H and O–H groups in total. The van der Waals surface area contributed by atoms with E-state index in [1.807, 2.05) is 0 Å². The van der Waals surface area contributed by atoms with Crippen molar-refractivity contribution in [3.05, 3.63) is 29.8 Å². The van der Waals surface area contributed by atoms with E-state index >= 15 is 0 Å². The second-order valence-corrected chi connectivity index (χ2v) is 7.24. The molecule has 0 saturated carbocycles. The second kappa shape index (κ2) is 6.37. The summed E-state index contributed by atoms with van der Waals surface area (Å²) in [6.45, 7) is 11.1. The van der Waals surface area contributed by atoms with Crippen molar-refractivity contribution in [3.63, 3.8) is 0 Å². The molecule has 3 rings (SSSR count). The molecule has 2 heterocycles. The van der Waals surface area contributed by atoms with Crippen molar-refractivity contribution in [1.29, 1.82) is 0 Å². The molecular formula is C18H28N2O. The second-order valence-electron chi connectivity index (χ2n) is 7.24. The minimum Gasteiger partial charge on any atom is -0.493 e. The molecule has 0 aliphatic carbocycles. The molecule has 21 heavy (non-hydrogen) atoms. The molecule has 3 nitrogen and oxygen atoms in total. The number of benzene rings is 1. The van der Waals surface area contributed by atoms with Gasteiger partial charge in [0.25, 0.3) is 0 Å². The zero-order valence-corrected chi connectivity index (χ0v) is 13.4. The van der Waals surface area contributed by atoms with E-state index in [0.717, 1.165) is 18.9 Å². The molecule has 0 amide bonds. The van der Waals surface area contributed by atoms with Crippen molar-refractivity contribution in [2.24, 2.45) is 11.3 Å². The number of hydrogen-bond donors (Lipinski definition) is 1. The Labute approximate surface area is 128 Å². The maximum Gasteiger partial charge on any atom is 0.119 e. The smallest absolute Gasteiger partial charge is 0.119 e. The monoisotopic (exact) mass is 288 g/mol. The van der Waals surface area contributed by atoms with Crippen LogP contribution < -0.4 is 10.1 Å². The van der Waals surface area contributed by atoms with Crippen molar-refractivity contribution >= 4 is 0 Å². The Kier molecular flexibility index (Phi) is 4.51. The van der Waals surface area contributed by atoms with Gasteiger partial charge >= 0.3 is 0 Å². The van der Waals surface area contributed by atoms with Crippen LogP contribution in [0.3, 0.4) is 0 Å². The van der Waals surface area contributed by atoms with Crippen LogP contribution in [-0.4, -0.2) is 37.7 Å². The maximum absolute atomic E-state index is 5.75. The van der Waals surface area contributed by atoms with Gasteiger partial charge in [-0.05, 0) is 55.0 Å². The number of rotatable bonds is 5. The lowest BCUT2D eigenvalue weighted by Crippen LogP contribution is -2.28. The zero-order valence-electron chi connectivity index (χ0n) is 13.4. The summed E-state index contributed by atoms with van der Waals surface area (Å²) < 4.78 is 5.75. The third kappa shape index (κ3) is 3.78. The van der Waals surface area contributed by atoms with Gasteiger partial charge in [0.1, 0.15) is 5.75 Å². The average Bonchev–Trinajstić information content (AvgIpc) is 3.09. The molecule has 1 spiro atoms. The molecule has 116 valence electrons. The largest absolute Gasteiger partial charge is 0.493 e. The third-order valence-corrected chi connectivity index (χ3v) is 4.76. The van der Waals surface area contributed by atoms with E-state index in [1.165, 1.54) is 44.6 Å². The Morgan fingerprint density at radius 3 is 2.71 bits per heavy atom. The fourth-order valence-corrected chi connectivity index (χ4v) is 3.52.